The van der Waals surface area contributed by atoms with Gasteiger partial charge in [0.1, 0.15) is 11.6 Å². The summed E-state index contributed by atoms with van der Waals surface area (Å²) in [5.41, 5.74) is 2.71. The highest BCUT2D eigenvalue weighted by Crippen LogP contribution is 2.30. The SMILES string of the molecule is CC1C=CC=CN1Cc1nc2c(c(N3CCCN(C)CC3)n1)CCC2. The number of allylic oxidation sites excluding steroid dienone is 2. The van der Waals surface area contributed by atoms with Crippen molar-refractivity contribution in [1.29, 1.82) is 0 Å². The molecule has 5 heteroatoms. The van der Waals surface area contributed by atoms with Crippen molar-refractivity contribution in [3.63, 3.8) is 0 Å². The molecule has 0 N–H and O–H groups in total. The number of nitrogens with zero attached hydrogens (tertiary/aromatic N) is 5. The number of hydrogen-bond acceptors (Lipinski definition) is 5. The van der Waals surface area contributed by atoms with Gasteiger partial charge in [0.25, 0.3) is 0 Å². The Kier molecular flexibility index (Phi) is 4.75. The molecule has 1 saturated heterocycles. The Morgan fingerprint density at radius 3 is 2.84 bits per heavy atom. The molecule has 0 radical (unpaired) electrons. The van der Waals surface area contributed by atoms with Gasteiger partial charge in [-0.3, -0.25) is 0 Å². The van der Waals surface area contributed by atoms with Gasteiger partial charge in [-0.25, -0.2) is 9.97 Å². The van der Waals surface area contributed by atoms with Crippen LogP contribution in [0.5, 0.6) is 0 Å². The van der Waals surface area contributed by atoms with Gasteiger partial charge in [-0.1, -0.05) is 12.2 Å². The fourth-order valence-electron chi connectivity index (χ4n) is 4.04. The van der Waals surface area contributed by atoms with Gasteiger partial charge in [-0.15, -0.1) is 0 Å². The van der Waals surface area contributed by atoms with Gasteiger partial charge < -0.3 is 14.7 Å². The number of likely N-dealkylation sites (N-methyl/N-ethyl adjacent to an activating group) is 1. The summed E-state index contributed by atoms with van der Waals surface area (Å²) in [5.74, 6) is 2.19. The molecular weight excluding hydrogens is 310 g/mol. The fourth-order valence-corrected chi connectivity index (χ4v) is 4.04. The molecule has 3 aliphatic rings. The van der Waals surface area contributed by atoms with E-state index in [0.29, 0.717) is 6.04 Å². The van der Waals surface area contributed by atoms with Crippen molar-refractivity contribution in [2.45, 2.75) is 45.2 Å². The Morgan fingerprint density at radius 1 is 1.04 bits per heavy atom. The van der Waals surface area contributed by atoms with E-state index in [9.17, 15) is 0 Å². The molecule has 25 heavy (non-hydrogen) atoms. The zero-order chi connectivity index (χ0) is 17.2. The average molecular weight is 339 g/mol. The van der Waals surface area contributed by atoms with Gasteiger partial charge in [-0.05, 0) is 52.3 Å². The van der Waals surface area contributed by atoms with Crippen LogP contribution in [-0.2, 0) is 19.4 Å². The van der Waals surface area contributed by atoms with Crippen LogP contribution in [0.3, 0.4) is 0 Å². The van der Waals surface area contributed by atoms with E-state index in [1.54, 1.807) is 0 Å². The molecule has 0 bridgehead atoms. The molecular formula is C20H29N5. The number of aryl methyl sites for hydroxylation is 1. The average Bonchev–Trinajstić information content (AvgIpc) is 2.97. The second-order valence-corrected chi connectivity index (χ2v) is 7.53. The summed E-state index contributed by atoms with van der Waals surface area (Å²) in [6, 6.07) is 0.400. The van der Waals surface area contributed by atoms with Gasteiger partial charge in [-0.2, -0.15) is 0 Å². The molecule has 4 rings (SSSR count). The molecule has 1 unspecified atom stereocenters. The van der Waals surface area contributed by atoms with Crippen molar-refractivity contribution < 1.29 is 0 Å². The molecule has 1 aromatic rings. The maximum atomic E-state index is 5.06. The molecule has 0 amide bonds. The third-order valence-corrected chi connectivity index (χ3v) is 5.60. The van der Waals surface area contributed by atoms with E-state index in [1.165, 1.54) is 36.5 Å². The summed E-state index contributed by atoms with van der Waals surface area (Å²) < 4.78 is 0. The molecule has 134 valence electrons. The maximum Gasteiger partial charge on any atom is 0.150 e. The Bertz CT molecular complexity index is 681. The summed E-state index contributed by atoms with van der Waals surface area (Å²) in [6.07, 6.45) is 13.3. The van der Waals surface area contributed by atoms with E-state index < -0.39 is 0 Å². The van der Waals surface area contributed by atoms with Gasteiger partial charge in [0, 0.05) is 43.1 Å². The second kappa shape index (κ2) is 7.16. The predicted octanol–water partition coefficient (Wildman–Crippen LogP) is 2.38. The normalized spacial score (nSPS) is 23.8. The lowest BCUT2D eigenvalue weighted by atomic mass is 10.2. The summed E-state index contributed by atoms with van der Waals surface area (Å²) in [7, 11) is 2.22. The number of fused-ring (bicyclic) bond motifs is 1. The largest absolute Gasteiger partial charge is 0.364 e. The van der Waals surface area contributed by atoms with Crippen LogP contribution in [-0.4, -0.2) is 59.0 Å². The first-order valence-corrected chi connectivity index (χ1v) is 9.63. The quantitative estimate of drug-likeness (QED) is 0.845. The van der Waals surface area contributed by atoms with Crippen LogP contribution >= 0.6 is 0 Å². The molecule has 3 heterocycles. The lowest BCUT2D eigenvalue weighted by Gasteiger charge is -2.28. The molecule has 1 aliphatic carbocycles. The first-order chi connectivity index (χ1) is 12.2. The fraction of sp³-hybridized carbons (Fsp3) is 0.600. The molecule has 0 aromatic carbocycles. The second-order valence-electron chi connectivity index (χ2n) is 7.53. The van der Waals surface area contributed by atoms with Crippen molar-refractivity contribution in [2.24, 2.45) is 0 Å². The van der Waals surface area contributed by atoms with Crippen LogP contribution in [0.15, 0.2) is 24.4 Å². The Balaban J connectivity index is 1.61. The van der Waals surface area contributed by atoms with Crippen LogP contribution in [0.4, 0.5) is 5.82 Å². The highest BCUT2D eigenvalue weighted by Gasteiger charge is 2.25. The Labute approximate surface area is 151 Å². The maximum absolute atomic E-state index is 5.06. The molecule has 0 spiro atoms. The van der Waals surface area contributed by atoms with Crippen molar-refractivity contribution in [2.75, 3.05) is 38.1 Å². The third-order valence-electron chi connectivity index (χ3n) is 5.60. The highest BCUT2D eigenvalue weighted by molar-refractivity contribution is 5.51. The van der Waals surface area contributed by atoms with Crippen LogP contribution in [0.2, 0.25) is 0 Å². The summed E-state index contributed by atoms with van der Waals surface area (Å²) >= 11 is 0. The zero-order valence-electron chi connectivity index (χ0n) is 15.5. The van der Waals surface area contributed by atoms with Crippen LogP contribution < -0.4 is 4.90 Å². The number of hydrogen-bond donors (Lipinski definition) is 0. The van der Waals surface area contributed by atoms with Gasteiger partial charge in [0.05, 0.1) is 6.54 Å². The minimum atomic E-state index is 0.400. The van der Waals surface area contributed by atoms with E-state index in [1.807, 2.05) is 0 Å². The van der Waals surface area contributed by atoms with Crippen LogP contribution in [0.25, 0.3) is 0 Å². The van der Waals surface area contributed by atoms with E-state index in [-0.39, 0.29) is 0 Å². The summed E-state index contributed by atoms with van der Waals surface area (Å²) in [4.78, 5) is 17.2. The molecule has 5 nitrogen and oxygen atoms in total. The van der Waals surface area contributed by atoms with Crippen molar-refractivity contribution in [3.05, 3.63) is 41.5 Å². The van der Waals surface area contributed by atoms with E-state index in [4.69, 9.17) is 9.97 Å². The Hall–Kier alpha value is -1.88. The first-order valence-electron chi connectivity index (χ1n) is 9.63. The van der Waals surface area contributed by atoms with Crippen LogP contribution in [0.1, 0.15) is 36.8 Å². The monoisotopic (exact) mass is 339 g/mol. The van der Waals surface area contributed by atoms with Crippen molar-refractivity contribution >= 4 is 5.82 Å². The van der Waals surface area contributed by atoms with Gasteiger partial charge in [0.15, 0.2) is 0 Å². The number of anilines is 1. The number of aromatic nitrogens is 2. The van der Waals surface area contributed by atoms with E-state index in [0.717, 1.165) is 44.8 Å². The molecule has 1 fully saturated rings. The minimum absolute atomic E-state index is 0.400. The Morgan fingerprint density at radius 2 is 1.96 bits per heavy atom. The first kappa shape index (κ1) is 16.6. The van der Waals surface area contributed by atoms with Gasteiger partial charge >= 0.3 is 0 Å². The number of rotatable bonds is 3. The summed E-state index contributed by atoms with van der Waals surface area (Å²) in [5, 5.41) is 0. The topological polar surface area (TPSA) is 35.5 Å². The predicted molar refractivity (Wildman–Crippen MR) is 102 cm³/mol. The standard InChI is InChI=1S/C20H29N5/c1-16-7-3-4-11-25(16)15-19-21-18-9-5-8-17(18)20(22-19)24-12-6-10-23(2)13-14-24/h3-4,7,11,16H,5-6,8-10,12-15H2,1-2H3. The highest BCUT2D eigenvalue weighted by atomic mass is 15.3. The molecule has 2 aliphatic heterocycles. The zero-order valence-corrected chi connectivity index (χ0v) is 15.5. The van der Waals surface area contributed by atoms with E-state index >= 15 is 0 Å². The lowest BCUT2D eigenvalue weighted by Crippen LogP contribution is -2.32. The van der Waals surface area contributed by atoms with Crippen molar-refractivity contribution in [3.8, 4) is 0 Å². The molecule has 1 aromatic heterocycles. The summed E-state index contributed by atoms with van der Waals surface area (Å²) in [6.45, 7) is 7.48. The smallest absolute Gasteiger partial charge is 0.150 e. The van der Waals surface area contributed by atoms with Crippen LogP contribution in [0, 0.1) is 0 Å². The van der Waals surface area contributed by atoms with Gasteiger partial charge in [0.2, 0.25) is 0 Å². The third kappa shape index (κ3) is 3.56. The van der Waals surface area contributed by atoms with Crippen molar-refractivity contribution in [1.82, 2.24) is 19.8 Å². The molecule has 0 saturated carbocycles. The van der Waals surface area contributed by atoms with E-state index in [2.05, 4.69) is 53.1 Å². The minimum Gasteiger partial charge on any atom is -0.364 e. The lowest BCUT2D eigenvalue weighted by molar-refractivity contribution is 0.316. The molecule has 1 atom stereocenters.